The summed E-state index contributed by atoms with van der Waals surface area (Å²) in [6.07, 6.45) is 8.53. The number of aromatic nitrogens is 1. The van der Waals surface area contributed by atoms with Crippen molar-refractivity contribution in [3.05, 3.63) is 24.0 Å². The molecule has 3 atom stereocenters. The molecule has 0 spiro atoms. The first kappa shape index (κ1) is 11.5. The molecule has 2 fully saturated rings. The third-order valence-corrected chi connectivity index (χ3v) is 4.51. The summed E-state index contributed by atoms with van der Waals surface area (Å²) in [6, 6.07) is 1.66. The molecule has 4 nitrogen and oxygen atoms in total. The smallest absolute Gasteiger partial charge is 0.254 e. The van der Waals surface area contributed by atoms with Crippen LogP contribution in [0.15, 0.2) is 18.5 Å². The molecule has 0 radical (unpaired) electrons. The third kappa shape index (κ3) is 2.07. The molecule has 2 saturated carbocycles. The van der Waals surface area contributed by atoms with E-state index in [4.69, 9.17) is 5.73 Å². The fourth-order valence-corrected chi connectivity index (χ4v) is 3.54. The summed E-state index contributed by atoms with van der Waals surface area (Å²) in [5.74, 6) is 2.33. The maximum absolute atomic E-state index is 12.0. The number of nitrogens with two attached hydrogens (primary N) is 1. The van der Waals surface area contributed by atoms with Gasteiger partial charge in [0, 0.05) is 24.6 Å². The molecular formula is C14H19N3O. The molecule has 0 saturated heterocycles. The van der Waals surface area contributed by atoms with Gasteiger partial charge in [0.2, 0.25) is 0 Å². The number of hydrogen-bond donors (Lipinski definition) is 2. The Labute approximate surface area is 107 Å². The summed E-state index contributed by atoms with van der Waals surface area (Å²) in [5.41, 5.74) is 6.75. The Kier molecular flexibility index (Phi) is 2.94. The van der Waals surface area contributed by atoms with Gasteiger partial charge in [0.25, 0.3) is 5.91 Å². The van der Waals surface area contributed by atoms with Crippen LogP contribution >= 0.6 is 0 Å². The highest BCUT2D eigenvalue weighted by molar-refractivity contribution is 5.98. The number of anilines is 1. The minimum atomic E-state index is -0.0941. The van der Waals surface area contributed by atoms with E-state index in [-0.39, 0.29) is 5.91 Å². The summed E-state index contributed by atoms with van der Waals surface area (Å²) >= 11 is 0. The van der Waals surface area contributed by atoms with Crippen molar-refractivity contribution in [3.8, 4) is 0 Å². The maximum atomic E-state index is 12.0. The standard InChI is InChI=1S/C14H19N3O/c15-13-3-4-16-8-12(13)14(18)17-7-11-6-9-1-2-10(11)5-9/h3-4,8-11H,1-2,5-7H2,(H2,15,16)(H,17,18). The second-order valence-electron chi connectivity index (χ2n) is 5.61. The molecule has 0 aromatic carbocycles. The van der Waals surface area contributed by atoms with Gasteiger partial charge in [0.1, 0.15) is 0 Å². The number of nitrogens with one attached hydrogen (secondary N) is 1. The normalized spacial score (nSPS) is 29.4. The van der Waals surface area contributed by atoms with E-state index in [0.29, 0.717) is 17.2 Å². The van der Waals surface area contributed by atoms with Crippen molar-refractivity contribution in [2.24, 2.45) is 17.8 Å². The third-order valence-electron chi connectivity index (χ3n) is 4.51. The van der Waals surface area contributed by atoms with Crippen LogP contribution in [-0.2, 0) is 0 Å². The predicted molar refractivity (Wildman–Crippen MR) is 69.9 cm³/mol. The van der Waals surface area contributed by atoms with Gasteiger partial charge in [-0.15, -0.1) is 0 Å². The van der Waals surface area contributed by atoms with Crippen LogP contribution in [-0.4, -0.2) is 17.4 Å². The zero-order valence-electron chi connectivity index (χ0n) is 10.4. The molecule has 18 heavy (non-hydrogen) atoms. The van der Waals surface area contributed by atoms with Crippen LogP contribution in [0.3, 0.4) is 0 Å². The molecular weight excluding hydrogens is 226 g/mol. The van der Waals surface area contributed by atoms with Crippen LogP contribution in [0.4, 0.5) is 5.69 Å². The van der Waals surface area contributed by atoms with Crippen molar-refractivity contribution in [2.75, 3.05) is 12.3 Å². The van der Waals surface area contributed by atoms with E-state index < -0.39 is 0 Å². The number of pyridine rings is 1. The minimum Gasteiger partial charge on any atom is -0.398 e. The molecule has 96 valence electrons. The lowest BCUT2D eigenvalue weighted by molar-refractivity contribution is 0.0942. The fourth-order valence-electron chi connectivity index (χ4n) is 3.54. The number of carbonyl (C=O) groups excluding carboxylic acids is 1. The lowest BCUT2D eigenvalue weighted by Gasteiger charge is -2.21. The maximum Gasteiger partial charge on any atom is 0.254 e. The van der Waals surface area contributed by atoms with Crippen LogP contribution < -0.4 is 11.1 Å². The largest absolute Gasteiger partial charge is 0.398 e. The van der Waals surface area contributed by atoms with E-state index in [1.165, 1.54) is 31.9 Å². The molecule has 2 aliphatic rings. The van der Waals surface area contributed by atoms with Gasteiger partial charge in [-0.05, 0) is 43.1 Å². The van der Waals surface area contributed by atoms with E-state index in [1.54, 1.807) is 12.3 Å². The number of amides is 1. The molecule has 1 heterocycles. The molecule has 4 heteroatoms. The van der Waals surface area contributed by atoms with Crippen LogP contribution in [0.2, 0.25) is 0 Å². The average molecular weight is 245 g/mol. The van der Waals surface area contributed by atoms with Crippen molar-refractivity contribution in [2.45, 2.75) is 25.7 Å². The summed E-state index contributed by atoms with van der Waals surface area (Å²) in [6.45, 7) is 0.786. The Morgan fingerprint density at radius 1 is 1.44 bits per heavy atom. The van der Waals surface area contributed by atoms with Crippen molar-refractivity contribution in [1.82, 2.24) is 10.3 Å². The number of hydrogen-bond acceptors (Lipinski definition) is 3. The fraction of sp³-hybridized carbons (Fsp3) is 0.571. The van der Waals surface area contributed by atoms with Crippen LogP contribution in [0, 0.1) is 17.8 Å². The van der Waals surface area contributed by atoms with Crippen molar-refractivity contribution in [1.29, 1.82) is 0 Å². The summed E-state index contributed by atoms with van der Waals surface area (Å²) in [4.78, 5) is 15.9. The van der Waals surface area contributed by atoms with E-state index in [2.05, 4.69) is 10.3 Å². The summed E-state index contributed by atoms with van der Waals surface area (Å²) in [7, 11) is 0. The van der Waals surface area contributed by atoms with Crippen LogP contribution in [0.5, 0.6) is 0 Å². The zero-order valence-corrected chi connectivity index (χ0v) is 10.4. The lowest BCUT2D eigenvalue weighted by Crippen LogP contribution is -2.32. The monoisotopic (exact) mass is 245 g/mol. The zero-order chi connectivity index (χ0) is 12.5. The molecule has 3 rings (SSSR count). The molecule has 1 aromatic rings. The van der Waals surface area contributed by atoms with Crippen molar-refractivity contribution in [3.63, 3.8) is 0 Å². The van der Waals surface area contributed by atoms with Gasteiger partial charge in [-0.2, -0.15) is 0 Å². The van der Waals surface area contributed by atoms with Gasteiger partial charge >= 0.3 is 0 Å². The lowest BCUT2D eigenvalue weighted by atomic mass is 9.89. The number of rotatable bonds is 3. The molecule has 0 aliphatic heterocycles. The summed E-state index contributed by atoms with van der Waals surface area (Å²) < 4.78 is 0. The molecule has 2 bridgehead atoms. The first-order valence-corrected chi connectivity index (χ1v) is 6.71. The Bertz CT molecular complexity index is 460. The topological polar surface area (TPSA) is 68.0 Å². The minimum absolute atomic E-state index is 0.0941. The summed E-state index contributed by atoms with van der Waals surface area (Å²) in [5, 5.41) is 3.01. The number of carbonyl (C=O) groups is 1. The highest BCUT2D eigenvalue weighted by Gasteiger charge is 2.39. The van der Waals surface area contributed by atoms with Crippen molar-refractivity contribution < 1.29 is 4.79 Å². The van der Waals surface area contributed by atoms with E-state index in [1.807, 2.05) is 0 Å². The van der Waals surface area contributed by atoms with Crippen molar-refractivity contribution >= 4 is 11.6 Å². The molecule has 1 aromatic heterocycles. The van der Waals surface area contributed by atoms with Gasteiger partial charge in [-0.25, -0.2) is 0 Å². The van der Waals surface area contributed by atoms with Gasteiger partial charge in [0.15, 0.2) is 0 Å². The Balaban J connectivity index is 1.57. The Morgan fingerprint density at radius 2 is 2.33 bits per heavy atom. The van der Waals surface area contributed by atoms with Gasteiger partial charge < -0.3 is 11.1 Å². The van der Waals surface area contributed by atoms with E-state index >= 15 is 0 Å². The number of nitrogen functional groups attached to an aromatic ring is 1. The van der Waals surface area contributed by atoms with Gasteiger partial charge in [-0.1, -0.05) is 6.42 Å². The highest BCUT2D eigenvalue weighted by Crippen LogP contribution is 2.47. The molecule has 3 N–H and O–H groups in total. The van der Waals surface area contributed by atoms with E-state index in [0.717, 1.165) is 18.4 Å². The number of fused-ring (bicyclic) bond motifs is 2. The first-order chi connectivity index (χ1) is 8.74. The first-order valence-electron chi connectivity index (χ1n) is 6.71. The Morgan fingerprint density at radius 3 is 3.00 bits per heavy atom. The number of nitrogens with zero attached hydrogens (tertiary/aromatic N) is 1. The Hall–Kier alpha value is -1.58. The SMILES string of the molecule is Nc1ccncc1C(=O)NCC1CC2CCC1C2. The highest BCUT2D eigenvalue weighted by atomic mass is 16.1. The van der Waals surface area contributed by atoms with Gasteiger partial charge in [-0.3, -0.25) is 9.78 Å². The second kappa shape index (κ2) is 4.59. The van der Waals surface area contributed by atoms with Crippen LogP contribution in [0.25, 0.3) is 0 Å². The average Bonchev–Trinajstić information content (AvgIpc) is 2.98. The molecule has 3 unspecified atom stereocenters. The van der Waals surface area contributed by atoms with Gasteiger partial charge in [0.05, 0.1) is 5.56 Å². The molecule has 1 amide bonds. The van der Waals surface area contributed by atoms with E-state index in [9.17, 15) is 4.79 Å². The quantitative estimate of drug-likeness (QED) is 0.853. The van der Waals surface area contributed by atoms with Crippen LogP contribution in [0.1, 0.15) is 36.0 Å². The second-order valence-corrected chi connectivity index (χ2v) is 5.61. The molecule has 2 aliphatic carbocycles. The predicted octanol–water partition coefficient (Wildman–Crippen LogP) is 1.83.